The van der Waals surface area contributed by atoms with Crippen LogP contribution in [0.3, 0.4) is 0 Å². The summed E-state index contributed by atoms with van der Waals surface area (Å²) in [6, 6.07) is 0. The van der Waals surface area contributed by atoms with Crippen molar-refractivity contribution >= 4 is 0 Å². The van der Waals surface area contributed by atoms with Crippen molar-refractivity contribution < 1.29 is 0 Å². The Morgan fingerprint density at radius 3 is 2.56 bits per heavy atom. The zero-order chi connectivity index (χ0) is 18.7. The van der Waals surface area contributed by atoms with Crippen LogP contribution in [-0.4, -0.2) is 13.1 Å². The molecule has 2 heteroatoms. The molecule has 25 heavy (non-hydrogen) atoms. The van der Waals surface area contributed by atoms with Crippen LogP contribution in [0.5, 0.6) is 0 Å². The van der Waals surface area contributed by atoms with Gasteiger partial charge in [0.2, 0.25) is 0 Å². The zero-order valence-electron chi connectivity index (χ0n) is 16.9. The Morgan fingerprint density at radius 1 is 1.24 bits per heavy atom. The van der Waals surface area contributed by atoms with E-state index in [0.717, 1.165) is 44.3 Å². The topological polar surface area (TPSA) is 24.1 Å². The highest BCUT2D eigenvalue weighted by molar-refractivity contribution is 5.46. The van der Waals surface area contributed by atoms with E-state index in [1.165, 1.54) is 35.4 Å². The lowest BCUT2D eigenvalue weighted by molar-refractivity contribution is 0.542. The molecule has 0 fully saturated rings. The predicted molar refractivity (Wildman–Crippen MR) is 112 cm³/mol. The summed E-state index contributed by atoms with van der Waals surface area (Å²) in [4.78, 5) is 0. The maximum absolute atomic E-state index is 4.25. The summed E-state index contributed by atoms with van der Waals surface area (Å²) >= 11 is 0. The van der Waals surface area contributed by atoms with Gasteiger partial charge >= 0.3 is 0 Å². The molecule has 0 radical (unpaired) electrons. The average Bonchev–Trinajstić information content (AvgIpc) is 2.58. The number of unbranched alkanes of at least 4 members (excludes halogenated alkanes) is 1. The highest BCUT2D eigenvalue weighted by Crippen LogP contribution is 2.25. The summed E-state index contributed by atoms with van der Waals surface area (Å²) in [5.74, 6) is 0.576. The molecule has 0 spiro atoms. The SMILES string of the molecule is C=C(/C=C(\C)NCCCCNC(=C)C(C)CCC)C1=C(C)C=CCC1. The minimum absolute atomic E-state index is 0.576. The van der Waals surface area contributed by atoms with Gasteiger partial charge in [0.25, 0.3) is 0 Å². The summed E-state index contributed by atoms with van der Waals surface area (Å²) < 4.78 is 0. The van der Waals surface area contributed by atoms with Gasteiger partial charge in [-0.05, 0) is 74.7 Å². The third-order valence-corrected chi connectivity index (χ3v) is 4.86. The highest BCUT2D eigenvalue weighted by Gasteiger charge is 2.07. The summed E-state index contributed by atoms with van der Waals surface area (Å²) in [5, 5.41) is 6.98. The molecule has 0 aromatic rings. The van der Waals surface area contributed by atoms with E-state index in [9.17, 15) is 0 Å². The van der Waals surface area contributed by atoms with Crippen LogP contribution in [0.4, 0.5) is 0 Å². The van der Waals surface area contributed by atoms with Crippen LogP contribution in [-0.2, 0) is 0 Å². The molecule has 1 unspecified atom stereocenters. The number of hydrogen-bond donors (Lipinski definition) is 2. The number of nitrogens with one attached hydrogen (secondary N) is 2. The molecule has 1 aliphatic rings. The van der Waals surface area contributed by atoms with Gasteiger partial charge in [-0.25, -0.2) is 0 Å². The van der Waals surface area contributed by atoms with Crippen LogP contribution in [0.15, 0.2) is 59.5 Å². The minimum atomic E-state index is 0.576. The number of allylic oxidation sites excluding steroid dienone is 8. The second-order valence-electron chi connectivity index (χ2n) is 7.23. The molecule has 0 aromatic heterocycles. The Morgan fingerprint density at radius 2 is 1.92 bits per heavy atom. The number of rotatable bonds is 12. The van der Waals surface area contributed by atoms with Crippen LogP contribution in [0, 0.1) is 5.92 Å². The fourth-order valence-electron chi connectivity index (χ4n) is 3.16. The first-order valence-corrected chi connectivity index (χ1v) is 9.86. The van der Waals surface area contributed by atoms with Gasteiger partial charge in [0.15, 0.2) is 0 Å². The summed E-state index contributed by atoms with van der Waals surface area (Å²) in [6.45, 7) is 19.2. The first-order valence-electron chi connectivity index (χ1n) is 9.86. The lowest BCUT2D eigenvalue weighted by Crippen LogP contribution is -2.20. The fraction of sp³-hybridized carbons (Fsp3) is 0.565. The molecule has 0 amide bonds. The van der Waals surface area contributed by atoms with E-state index in [1.807, 2.05) is 0 Å². The Hall–Kier alpha value is -1.70. The Labute approximate surface area is 155 Å². The second kappa shape index (κ2) is 11.8. The molecule has 2 N–H and O–H groups in total. The molecule has 1 atom stereocenters. The van der Waals surface area contributed by atoms with E-state index in [1.54, 1.807) is 0 Å². The van der Waals surface area contributed by atoms with Gasteiger partial charge in [-0.3, -0.25) is 0 Å². The smallest absolute Gasteiger partial charge is 0.0144 e. The third-order valence-electron chi connectivity index (χ3n) is 4.86. The van der Waals surface area contributed by atoms with E-state index < -0.39 is 0 Å². The Balaban J connectivity index is 2.22. The lowest BCUT2D eigenvalue weighted by atomic mass is 9.92. The van der Waals surface area contributed by atoms with Crippen molar-refractivity contribution in [1.29, 1.82) is 0 Å². The van der Waals surface area contributed by atoms with Crippen molar-refractivity contribution in [1.82, 2.24) is 10.6 Å². The largest absolute Gasteiger partial charge is 0.389 e. The van der Waals surface area contributed by atoms with Gasteiger partial charge in [0.05, 0.1) is 0 Å². The van der Waals surface area contributed by atoms with Crippen molar-refractivity contribution in [3.8, 4) is 0 Å². The van der Waals surface area contributed by atoms with Crippen molar-refractivity contribution in [2.45, 2.75) is 66.2 Å². The molecule has 0 saturated carbocycles. The van der Waals surface area contributed by atoms with E-state index in [4.69, 9.17) is 0 Å². The predicted octanol–water partition coefficient (Wildman–Crippen LogP) is 6.02. The molecular formula is C23H38N2. The molecule has 140 valence electrons. The summed E-state index contributed by atoms with van der Waals surface area (Å²) in [7, 11) is 0. The Bertz CT molecular complexity index is 534. The molecule has 0 bridgehead atoms. The minimum Gasteiger partial charge on any atom is -0.389 e. The third kappa shape index (κ3) is 8.29. The van der Waals surface area contributed by atoms with Crippen LogP contribution >= 0.6 is 0 Å². The van der Waals surface area contributed by atoms with Crippen molar-refractivity contribution in [3.63, 3.8) is 0 Å². The summed E-state index contributed by atoms with van der Waals surface area (Å²) in [5.41, 5.74) is 6.28. The van der Waals surface area contributed by atoms with Crippen molar-refractivity contribution in [3.05, 3.63) is 59.5 Å². The average molecular weight is 343 g/mol. The van der Waals surface area contributed by atoms with Crippen LogP contribution < -0.4 is 10.6 Å². The lowest BCUT2D eigenvalue weighted by Gasteiger charge is -2.16. The standard InChI is InChI=1S/C23H38N2/c1-7-12-18(2)22(6)25-16-11-10-15-24-21(5)17-20(4)23-14-9-8-13-19(23)3/h8,13,17-18,24-25H,4,6-7,9-12,14-16H2,1-3,5H3/b21-17+. The highest BCUT2D eigenvalue weighted by atomic mass is 14.9. The van der Waals surface area contributed by atoms with E-state index in [-0.39, 0.29) is 0 Å². The monoisotopic (exact) mass is 342 g/mol. The van der Waals surface area contributed by atoms with Gasteiger partial charge in [-0.1, -0.05) is 45.6 Å². The molecule has 0 aliphatic heterocycles. The molecular weight excluding hydrogens is 304 g/mol. The molecule has 0 aromatic carbocycles. The first-order chi connectivity index (χ1) is 12.0. The van der Waals surface area contributed by atoms with Gasteiger partial charge < -0.3 is 10.6 Å². The second-order valence-corrected chi connectivity index (χ2v) is 7.23. The first kappa shape index (κ1) is 21.3. The zero-order valence-corrected chi connectivity index (χ0v) is 16.9. The van der Waals surface area contributed by atoms with E-state index >= 15 is 0 Å². The number of hydrogen-bond acceptors (Lipinski definition) is 2. The maximum atomic E-state index is 4.25. The van der Waals surface area contributed by atoms with Gasteiger partial charge in [0, 0.05) is 24.5 Å². The maximum Gasteiger partial charge on any atom is 0.0144 e. The molecule has 1 aliphatic carbocycles. The van der Waals surface area contributed by atoms with Gasteiger partial charge in [0.1, 0.15) is 0 Å². The molecule has 1 rings (SSSR count). The van der Waals surface area contributed by atoms with Crippen LogP contribution in [0.1, 0.15) is 66.2 Å². The molecule has 0 saturated heterocycles. The van der Waals surface area contributed by atoms with Gasteiger partial charge in [-0.2, -0.15) is 0 Å². The van der Waals surface area contributed by atoms with Crippen LogP contribution in [0.2, 0.25) is 0 Å². The van der Waals surface area contributed by atoms with Gasteiger partial charge in [-0.15, -0.1) is 0 Å². The Kier molecular flexibility index (Phi) is 10.1. The quantitative estimate of drug-likeness (QED) is 0.334. The van der Waals surface area contributed by atoms with Crippen molar-refractivity contribution in [2.24, 2.45) is 5.92 Å². The molecule has 2 nitrogen and oxygen atoms in total. The molecule has 0 heterocycles. The van der Waals surface area contributed by atoms with E-state index in [0.29, 0.717) is 5.92 Å². The summed E-state index contributed by atoms with van der Waals surface area (Å²) in [6.07, 6.45) is 13.6. The fourth-order valence-corrected chi connectivity index (χ4v) is 3.16. The van der Waals surface area contributed by atoms with Crippen LogP contribution in [0.25, 0.3) is 0 Å². The van der Waals surface area contributed by atoms with E-state index in [2.05, 4.69) is 69.7 Å². The van der Waals surface area contributed by atoms with Crippen molar-refractivity contribution in [2.75, 3.05) is 13.1 Å². The normalized spacial score (nSPS) is 15.9.